The molecule has 0 fully saturated rings. The Morgan fingerprint density at radius 3 is 3.11 bits per heavy atom. The van der Waals surface area contributed by atoms with E-state index in [9.17, 15) is 4.79 Å². The van der Waals surface area contributed by atoms with Crippen LogP contribution in [-0.2, 0) is 0 Å². The summed E-state index contributed by atoms with van der Waals surface area (Å²) in [7, 11) is 0. The third-order valence-electron chi connectivity index (χ3n) is 5.15. The fourth-order valence-corrected chi connectivity index (χ4v) is 3.70. The number of fused-ring (bicyclic) bond motifs is 4. The minimum Gasteiger partial charge on any atom is -0.442 e. The maximum Gasteiger partial charge on any atom is 0.260 e. The summed E-state index contributed by atoms with van der Waals surface area (Å²) in [5.74, 6) is 1.51. The van der Waals surface area contributed by atoms with E-state index in [0.717, 1.165) is 29.7 Å². The molecule has 7 heteroatoms. The highest BCUT2D eigenvalue weighted by atomic mass is 16.4. The van der Waals surface area contributed by atoms with Gasteiger partial charge in [0.2, 0.25) is 5.88 Å². The lowest BCUT2D eigenvalue weighted by Crippen LogP contribution is -2.31. The predicted octanol–water partition coefficient (Wildman–Crippen LogP) is 3.90. The summed E-state index contributed by atoms with van der Waals surface area (Å²) in [4.78, 5) is 28.6. The standard InChI is InChI=1S/C21H19N5O2/c1-3-14-10-26-11-23-21-18(19(26)24-14)17(12(2)28-21)20(27)25-15-6-7-16-13(9-15)5-4-8-22-16/h4-9,11,14H,3,10H2,1-2H3,(H,25,27). The van der Waals surface area contributed by atoms with E-state index in [2.05, 4.69) is 22.2 Å². The van der Waals surface area contributed by atoms with Crippen LogP contribution in [0, 0.1) is 6.92 Å². The first-order chi connectivity index (χ1) is 13.6. The molecule has 4 heterocycles. The molecule has 2 aliphatic heterocycles. The van der Waals surface area contributed by atoms with Gasteiger partial charge in [0.1, 0.15) is 17.9 Å². The topological polar surface area (TPSA) is 83.1 Å². The zero-order valence-electron chi connectivity index (χ0n) is 15.6. The Kier molecular flexibility index (Phi) is 3.75. The summed E-state index contributed by atoms with van der Waals surface area (Å²) < 4.78 is 5.77. The van der Waals surface area contributed by atoms with Crippen LogP contribution in [0.2, 0.25) is 0 Å². The summed E-state index contributed by atoms with van der Waals surface area (Å²) in [5, 5.41) is 3.95. The number of anilines is 1. The molecule has 1 N–H and O–H groups in total. The fraction of sp³-hybridized carbons (Fsp3) is 0.238. The Balaban J connectivity index is 1.52. The van der Waals surface area contributed by atoms with Crippen molar-refractivity contribution in [2.45, 2.75) is 26.3 Å². The molecule has 1 atom stereocenters. The number of benzene rings is 1. The fourth-order valence-electron chi connectivity index (χ4n) is 3.70. The van der Waals surface area contributed by atoms with E-state index in [1.54, 1.807) is 19.5 Å². The Bertz CT molecular complexity index is 1160. The van der Waals surface area contributed by atoms with Crippen molar-refractivity contribution in [2.75, 3.05) is 11.9 Å². The van der Waals surface area contributed by atoms with Gasteiger partial charge in [0.25, 0.3) is 5.91 Å². The molecule has 0 radical (unpaired) electrons. The number of aryl methyl sites for hydroxylation is 1. The van der Waals surface area contributed by atoms with Gasteiger partial charge in [-0.05, 0) is 37.6 Å². The molecule has 1 unspecified atom stereocenters. The first kappa shape index (κ1) is 16.7. The summed E-state index contributed by atoms with van der Waals surface area (Å²) in [5.41, 5.74) is 2.75. The van der Waals surface area contributed by atoms with E-state index in [1.165, 1.54) is 0 Å². The molecule has 1 amide bonds. The Labute approximate surface area is 161 Å². The van der Waals surface area contributed by atoms with Crippen LogP contribution in [0.1, 0.15) is 35.0 Å². The summed E-state index contributed by atoms with van der Waals surface area (Å²) in [6, 6.07) is 9.69. The monoisotopic (exact) mass is 373 g/mol. The summed E-state index contributed by atoms with van der Waals surface area (Å²) in [6.07, 6.45) is 4.42. The highest BCUT2D eigenvalue weighted by Crippen LogP contribution is 2.35. The molecule has 0 saturated carbocycles. The molecule has 7 nitrogen and oxygen atoms in total. The zero-order valence-corrected chi connectivity index (χ0v) is 15.6. The van der Waals surface area contributed by atoms with Gasteiger partial charge in [0.05, 0.1) is 22.7 Å². The number of carbonyl (C=O) groups is 1. The molecule has 1 aromatic carbocycles. The number of carbonyl (C=O) groups excluding carboxylic acids is 1. The first-order valence-electron chi connectivity index (χ1n) is 9.32. The average Bonchev–Trinajstić information content (AvgIpc) is 3.27. The first-order valence-corrected chi connectivity index (χ1v) is 9.32. The van der Waals surface area contributed by atoms with E-state index in [0.29, 0.717) is 28.5 Å². The number of nitrogens with zero attached hydrogens (tertiary/aromatic N) is 4. The van der Waals surface area contributed by atoms with E-state index >= 15 is 0 Å². The predicted molar refractivity (Wildman–Crippen MR) is 109 cm³/mol. The van der Waals surface area contributed by atoms with Crippen LogP contribution >= 0.6 is 0 Å². The Morgan fingerprint density at radius 1 is 1.36 bits per heavy atom. The third kappa shape index (κ3) is 2.58. The van der Waals surface area contributed by atoms with Crippen LogP contribution in [0.15, 0.2) is 50.9 Å². The number of aliphatic imine (C=N–C) groups is 2. The quantitative estimate of drug-likeness (QED) is 0.755. The van der Waals surface area contributed by atoms with Crippen molar-refractivity contribution in [3.05, 3.63) is 53.4 Å². The number of amidine groups is 1. The van der Waals surface area contributed by atoms with Crippen molar-refractivity contribution in [3.63, 3.8) is 0 Å². The SMILES string of the molecule is CCC1CN2C=Nc3oc(C)c(C(=O)Nc4ccc5ncccc5c4)c3C2=N1. The van der Waals surface area contributed by atoms with Gasteiger partial charge in [0.15, 0.2) is 0 Å². The van der Waals surface area contributed by atoms with Crippen molar-refractivity contribution in [1.29, 1.82) is 0 Å². The van der Waals surface area contributed by atoms with Gasteiger partial charge in [-0.25, -0.2) is 4.99 Å². The van der Waals surface area contributed by atoms with Gasteiger partial charge in [-0.15, -0.1) is 0 Å². The lowest BCUT2D eigenvalue weighted by molar-refractivity contribution is 0.102. The van der Waals surface area contributed by atoms with Gasteiger partial charge in [-0.2, -0.15) is 0 Å². The summed E-state index contributed by atoms with van der Waals surface area (Å²) >= 11 is 0. The number of aromatic nitrogens is 1. The van der Waals surface area contributed by atoms with Crippen LogP contribution in [0.4, 0.5) is 11.6 Å². The van der Waals surface area contributed by atoms with Crippen LogP contribution in [0.25, 0.3) is 10.9 Å². The molecular weight excluding hydrogens is 354 g/mol. The molecule has 2 aromatic heterocycles. The lowest BCUT2D eigenvalue weighted by atomic mass is 10.1. The van der Waals surface area contributed by atoms with Gasteiger partial charge < -0.3 is 14.6 Å². The third-order valence-corrected chi connectivity index (χ3v) is 5.15. The lowest BCUT2D eigenvalue weighted by Gasteiger charge is -2.18. The van der Waals surface area contributed by atoms with Gasteiger partial charge >= 0.3 is 0 Å². The largest absolute Gasteiger partial charge is 0.442 e. The van der Waals surface area contributed by atoms with Crippen LogP contribution < -0.4 is 5.32 Å². The number of pyridine rings is 1. The molecule has 140 valence electrons. The molecule has 28 heavy (non-hydrogen) atoms. The van der Waals surface area contributed by atoms with Crippen LogP contribution in [0.3, 0.4) is 0 Å². The maximum absolute atomic E-state index is 13.1. The molecule has 0 bridgehead atoms. The second-order valence-corrected chi connectivity index (χ2v) is 6.99. The molecule has 0 spiro atoms. The van der Waals surface area contributed by atoms with Gasteiger partial charge in [-0.1, -0.05) is 13.0 Å². The molecule has 3 aromatic rings. The number of hydrogen-bond acceptors (Lipinski definition) is 6. The molecule has 2 aliphatic rings. The number of hydrogen-bond donors (Lipinski definition) is 1. The van der Waals surface area contributed by atoms with Crippen LogP contribution in [-0.4, -0.2) is 40.6 Å². The zero-order chi connectivity index (χ0) is 19.3. The summed E-state index contributed by atoms with van der Waals surface area (Å²) in [6.45, 7) is 4.66. The van der Waals surface area contributed by atoms with Gasteiger partial charge in [0, 0.05) is 23.8 Å². The Morgan fingerprint density at radius 2 is 2.25 bits per heavy atom. The average molecular weight is 373 g/mol. The second kappa shape index (κ2) is 6.30. The highest BCUT2D eigenvalue weighted by molar-refractivity contribution is 6.20. The van der Waals surface area contributed by atoms with Crippen LogP contribution in [0.5, 0.6) is 0 Å². The number of amides is 1. The van der Waals surface area contributed by atoms with E-state index in [4.69, 9.17) is 9.41 Å². The van der Waals surface area contributed by atoms with Crippen molar-refractivity contribution in [3.8, 4) is 0 Å². The molecule has 0 saturated heterocycles. The minimum absolute atomic E-state index is 0.200. The smallest absolute Gasteiger partial charge is 0.260 e. The van der Waals surface area contributed by atoms with Gasteiger partial charge in [-0.3, -0.25) is 14.8 Å². The molecule has 0 aliphatic carbocycles. The van der Waals surface area contributed by atoms with Crippen molar-refractivity contribution >= 4 is 40.6 Å². The van der Waals surface area contributed by atoms with E-state index in [-0.39, 0.29) is 11.9 Å². The van der Waals surface area contributed by atoms with Crippen molar-refractivity contribution in [1.82, 2.24) is 9.88 Å². The number of nitrogens with one attached hydrogen (secondary N) is 1. The van der Waals surface area contributed by atoms with Crippen molar-refractivity contribution < 1.29 is 9.21 Å². The normalized spacial score (nSPS) is 17.4. The van der Waals surface area contributed by atoms with E-state index in [1.807, 2.05) is 35.2 Å². The maximum atomic E-state index is 13.1. The number of rotatable bonds is 3. The highest BCUT2D eigenvalue weighted by Gasteiger charge is 2.35. The minimum atomic E-state index is -0.231. The second-order valence-electron chi connectivity index (χ2n) is 6.99. The Hall–Kier alpha value is -3.48. The van der Waals surface area contributed by atoms with E-state index < -0.39 is 0 Å². The molecule has 5 rings (SSSR count). The van der Waals surface area contributed by atoms with Crippen molar-refractivity contribution in [2.24, 2.45) is 9.98 Å². The number of furan rings is 1. The molecular formula is C21H19N5O2.